The fraction of sp³-hybridized carbons (Fsp3) is 0.529. The second kappa shape index (κ2) is 6.58. The number of rotatable bonds is 4. The molecule has 0 aliphatic heterocycles. The summed E-state index contributed by atoms with van der Waals surface area (Å²) >= 11 is 0. The molecule has 0 spiro atoms. The van der Waals surface area contributed by atoms with Crippen LogP contribution in [0.15, 0.2) is 27.8 Å². The zero-order valence-electron chi connectivity index (χ0n) is 13.5. The van der Waals surface area contributed by atoms with Gasteiger partial charge in [0.25, 0.3) is 5.56 Å². The number of methoxy groups -OCH3 is 1. The van der Waals surface area contributed by atoms with Crippen molar-refractivity contribution in [1.82, 2.24) is 9.13 Å². The van der Waals surface area contributed by atoms with Gasteiger partial charge in [-0.05, 0) is 31.0 Å². The van der Waals surface area contributed by atoms with Crippen LogP contribution in [0.3, 0.4) is 0 Å². The number of hydrogen-bond acceptors (Lipinski definition) is 4. The predicted molar refractivity (Wildman–Crippen MR) is 90.9 cm³/mol. The van der Waals surface area contributed by atoms with E-state index in [0.717, 1.165) is 25.7 Å². The number of ether oxygens (including phenoxy) is 1. The van der Waals surface area contributed by atoms with Crippen molar-refractivity contribution < 1.29 is 4.74 Å². The maximum absolute atomic E-state index is 12.9. The molecule has 0 saturated heterocycles. The van der Waals surface area contributed by atoms with Gasteiger partial charge in [0, 0.05) is 18.8 Å². The maximum atomic E-state index is 12.9. The van der Waals surface area contributed by atoms with Crippen LogP contribution in [0, 0.1) is 0 Å². The molecule has 1 aliphatic carbocycles. The molecule has 23 heavy (non-hydrogen) atoms. The van der Waals surface area contributed by atoms with Gasteiger partial charge in [-0.1, -0.05) is 19.3 Å². The number of nitrogens with two attached hydrogens (primary N) is 1. The van der Waals surface area contributed by atoms with Gasteiger partial charge in [0.15, 0.2) is 0 Å². The lowest BCUT2D eigenvalue weighted by atomic mass is 9.95. The van der Waals surface area contributed by atoms with Gasteiger partial charge in [-0.2, -0.15) is 0 Å². The second-order valence-electron chi connectivity index (χ2n) is 6.17. The van der Waals surface area contributed by atoms with Crippen molar-refractivity contribution in [3.63, 3.8) is 0 Å². The summed E-state index contributed by atoms with van der Waals surface area (Å²) in [5, 5.41) is 0.506. The summed E-state index contributed by atoms with van der Waals surface area (Å²) in [6.45, 7) is 0.583. The van der Waals surface area contributed by atoms with Gasteiger partial charge in [0.05, 0.1) is 24.1 Å². The van der Waals surface area contributed by atoms with E-state index in [1.165, 1.54) is 11.0 Å². The number of hydrogen-bond donors (Lipinski definition) is 1. The van der Waals surface area contributed by atoms with E-state index < -0.39 is 0 Å². The van der Waals surface area contributed by atoms with E-state index in [9.17, 15) is 9.59 Å². The number of fused-ring (bicyclic) bond motifs is 1. The summed E-state index contributed by atoms with van der Waals surface area (Å²) in [6, 6.07) is 5.36. The van der Waals surface area contributed by atoms with Crippen LogP contribution in [0.4, 0.5) is 5.69 Å². The summed E-state index contributed by atoms with van der Waals surface area (Å²) in [6.07, 6.45) is 5.39. The smallest absolute Gasteiger partial charge is 0.331 e. The summed E-state index contributed by atoms with van der Waals surface area (Å²) in [5.74, 6) is 0. The van der Waals surface area contributed by atoms with Gasteiger partial charge in [-0.3, -0.25) is 13.9 Å². The fourth-order valence-corrected chi connectivity index (χ4v) is 3.47. The molecule has 1 aliphatic rings. The first-order chi connectivity index (χ1) is 11.1. The average Bonchev–Trinajstić information content (AvgIpc) is 2.56. The molecule has 1 aromatic heterocycles. The van der Waals surface area contributed by atoms with Crippen LogP contribution in [0.2, 0.25) is 0 Å². The highest BCUT2D eigenvalue weighted by atomic mass is 16.5. The second-order valence-corrected chi connectivity index (χ2v) is 6.17. The molecule has 1 saturated carbocycles. The van der Waals surface area contributed by atoms with Crippen LogP contribution in [-0.2, 0) is 11.3 Å². The molecular formula is C17H23N3O3. The van der Waals surface area contributed by atoms with Crippen LogP contribution in [0.1, 0.15) is 38.1 Å². The molecule has 6 heteroatoms. The summed E-state index contributed by atoms with van der Waals surface area (Å²) in [7, 11) is 1.56. The zero-order valence-corrected chi connectivity index (χ0v) is 13.5. The zero-order chi connectivity index (χ0) is 16.4. The maximum Gasteiger partial charge on any atom is 0.331 e. The molecule has 0 atom stereocenters. The molecule has 6 nitrogen and oxygen atoms in total. The van der Waals surface area contributed by atoms with Crippen LogP contribution in [-0.4, -0.2) is 22.9 Å². The highest BCUT2D eigenvalue weighted by molar-refractivity contribution is 5.81. The van der Waals surface area contributed by atoms with E-state index in [-0.39, 0.29) is 23.8 Å². The third-order valence-electron chi connectivity index (χ3n) is 4.65. The Kier molecular flexibility index (Phi) is 4.52. The van der Waals surface area contributed by atoms with Crippen molar-refractivity contribution in [2.24, 2.45) is 0 Å². The van der Waals surface area contributed by atoms with Crippen LogP contribution in [0.5, 0.6) is 0 Å². The summed E-state index contributed by atoms with van der Waals surface area (Å²) in [4.78, 5) is 25.6. The van der Waals surface area contributed by atoms with Crippen molar-refractivity contribution >= 4 is 16.6 Å². The predicted octanol–water partition coefficient (Wildman–Crippen LogP) is 1.90. The van der Waals surface area contributed by atoms with Crippen molar-refractivity contribution in [2.75, 3.05) is 19.5 Å². The number of anilines is 1. The Balaban J connectivity index is 2.27. The molecule has 2 aromatic rings. The van der Waals surface area contributed by atoms with Gasteiger partial charge >= 0.3 is 5.69 Å². The van der Waals surface area contributed by atoms with Crippen LogP contribution in [0.25, 0.3) is 10.9 Å². The molecule has 0 radical (unpaired) electrons. The molecule has 0 bridgehead atoms. The quantitative estimate of drug-likeness (QED) is 0.874. The Bertz CT molecular complexity index is 816. The van der Waals surface area contributed by atoms with Gasteiger partial charge in [0.2, 0.25) is 0 Å². The molecule has 1 aromatic carbocycles. The van der Waals surface area contributed by atoms with E-state index in [4.69, 9.17) is 10.5 Å². The molecule has 1 fully saturated rings. The standard InChI is InChI=1S/C17H23N3O3/c1-23-10-9-19-16(21)14-11-12(18)7-8-15(14)20(17(19)22)13-5-3-2-4-6-13/h7-8,11,13H,2-6,9-10,18H2,1H3. The normalized spacial score (nSPS) is 16.0. The molecule has 0 amide bonds. The molecule has 124 valence electrons. The lowest BCUT2D eigenvalue weighted by Crippen LogP contribution is -2.42. The third kappa shape index (κ3) is 2.91. The van der Waals surface area contributed by atoms with Crippen molar-refractivity contribution in [1.29, 1.82) is 0 Å². The van der Waals surface area contributed by atoms with Crippen LogP contribution >= 0.6 is 0 Å². The Morgan fingerprint density at radius 1 is 1.22 bits per heavy atom. The summed E-state index contributed by atoms with van der Waals surface area (Å²) in [5.41, 5.74) is 6.54. The highest BCUT2D eigenvalue weighted by Gasteiger charge is 2.21. The fourth-order valence-electron chi connectivity index (χ4n) is 3.47. The monoisotopic (exact) mass is 317 g/mol. The summed E-state index contributed by atoms with van der Waals surface area (Å²) < 4.78 is 8.12. The molecule has 0 unspecified atom stereocenters. The van der Waals surface area contributed by atoms with E-state index in [0.29, 0.717) is 23.2 Å². The van der Waals surface area contributed by atoms with Crippen molar-refractivity contribution in [3.05, 3.63) is 39.0 Å². The Morgan fingerprint density at radius 3 is 2.65 bits per heavy atom. The highest BCUT2D eigenvalue weighted by Crippen LogP contribution is 2.29. The largest absolute Gasteiger partial charge is 0.399 e. The van der Waals surface area contributed by atoms with E-state index in [1.54, 1.807) is 29.9 Å². The number of aromatic nitrogens is 2. The lowest BCUT2D eigenvalue weighted by Gasteiger charge is -2.26. The topological polar surface area (TPSA) is 79.2 Å². The minimum Gasteiger partial charge on any atom is -0.399 e. The third-order valence-corrected chi connectivity index (χ3v) is 4.65. The number of nitrogens with zero attached hydrogens (tertiary/aromatic N) is 2. The first-order valence-electron chi connectivity index (χ1n) is 8.17. The molecular weight excluding hydrogens is 294 g/mol. The van der Waals surface area contributed by atoms with E-state index >= 15 is 0 Å². The van der Waals surface area contributed by atoms with Crippen LogP contribution < -0.4 is 17.0 Å². The van der Waals surface area contributed by atoms with Gasteiger partial charge < -0.3 is 10.5 Å². The van der Waals surface area contributed by atoms with Gasteiger partial charge in [-0.15, -0.1) is 0 Å². The molecule has 1 heterocycles. The SMILES string of the molecule is COCCn1c(=O)c2cc(N)ccc2n(C2CCCCC2)c1=O. The molecule has 2 N–H and O–H groups in total. The van der Waals surface area contributed by atoms with E-state index in [1.807, 2.05) is 0 Å². The first-order valence-corrected chi connectivity index (χ1v) is 8.17. The van der Waals surface area contributed by atoms with Crippen molar-refractivity contribution in [3.8, 4) is 0 Å². The molecule has 3 rings (SSSR count). The number of nitrogen functional groups attached to an aromatic ring is 1. The Hall–Kier alpha value is -2.08. The minimum absolute atomic E-state index is 0.150. The van der Waals surface area contributed by atoms with Crippen molar-refractivity contribution in [2.45, 2.75) is 44.7 Å². The van der Waals surface area contributed by atoms with E-state index in [2.05, 4.69) is 0 Å². The Labute approximate surface area is 134 Å². The Morgan fingerprint density at radius 2 is 1.96 bits per heavy atom. The lowest BCUT2D eigenvalue weighted by molar-refractivity contribution is 0.183. The number of benzene rings is 1. The first kappa shape index (κ1) is 15.8. The van der Waals surface area contributed by atoms with Gasteiger partial charge in [0.1, 0.15) is 0 Å². The minimum atomic E-state index is -0.290. The average molecular weight is 317 g/mol. The van der Waals surface area contributed by atoms with Gasteiger partial charge in [-0.25, -0.2) is 4.79 Å².